The number of hydrogen-bond donors (Lipinski definition) is 0. The quantitative estimate of drug-likeness (QED) is 0.773. The van der Waals surface area contributed by atoms with Gasteiger partial charge in [0.2, 0.25) is 5.88 Å². The molecule has 0 fully saturated rings. The Morgan fingerprint density at radius 2 is 1.84 bits per heavy atom. The predicted octanol–water partition coefficient (Wildman–Crippen LogP) is 4.11. The highest BCUT2D eigenvalue weighted by Gasteiger charge is 2.11. The van der Waals surface area contributed by atoms with Crippen molar-refractivity contribution in [3.05, 3.63) is 46.4 Å². The van der Waals surface area contributed by atoms with Gasteiger partial charge in [-0.15, -0.1) is 0 Å². The first kappa shape index (κ1) is 12.4. The van der Waals surface area contributed by atoms with E-state index in [0.29, 0.717) is 16.9 Å². The Labute approximate surface area is 117 Å². The second-order valence-corrected chi connectivity index (χ2v) is 5.20. The molecule has 19 heavy (non-hydrogen) atoms. The standard InChI is InChI=1S/C15H15ClN2O/c1-10-17-14(16)9-15(18-10)19-13-7-6-11-4-2-3-5-12(11)8-13/h6-9H,2-5H2,1H3. The van der Waals surface area contributed by atoms with Crippen LogP contribution in [0.3, 0.4) is 0 Å². The van der Waals surface area contributed by atoms with E-state index in [4.69, 9.17) is 16.3 Å². The second kappa shape index (κ2) is 5.17. The van der Waals surface area contributed by atoms with Crippen LogP contribution in [0.4, 0.5) is 0 Å². The number of aryl methyl sites for hydroxylation is 3. The van der Waals surface area contributed by atoms with Crippen LogP contribution >= 0.6 is 11.6 Å². The summed E-state index contributed by atoms with van der Waals surface area (Å²) in [5.41, 5.74) is 2.83. The lowest BCUT2D eigenvalue weighted by Gasteiger charge is -2.16. The zero-order valence-electron chi connectivity index (χ0n) is 10.8. The number of nitrogens with zero attached hydrogens (tertiary/aromatic N) is 2. The van der Waals surface area contributed by atoms with E-state index in [0.717, 1.165) is 12.2 Å². The molecule has 0 N–H and O–H groups in total. The van der Waals surface area contributed by atoms with Crippen molar-refractivity contribution in [3.63, 3.8) is 0 Å². The summed E-state index contributed by atoms with van der Waals surface area (Å²) >= 11 is 5.90. The lowest BCUT2D eigenvalue weighted by atomic mass is 9.92. The topological polar surface area (TPSA) is 35.0 Å². The van der Waals surface area contributed by atoms with E-state index >= 15 is 0 Å². The largest absolute Gasteiger partial charge is 0.439 e. The fraction of sp³-hybridized carbons (Fsp3) is 0.333. The van der Waals surface area contributed by atoms with Crippen LogP contribution in [0.2, 0.25) is 5.15 Å². The molecule has 3 rings (SSSR count). The van der Waals surface area contributed by atoms with E-state index in [1.165, 1.54) is 30.4 Å². The molecule has 3 nitrogen and oxygen atoms in total. The number of benzene rings is 1. The molecule has 0 aliphatic heterocycles. The molecule has 2 aromatic rings. The van der Waals surface area contributed by atoms with Crippen LogP contribution in [-0.4, -0.2) is 9.97 Å². The van der Waals surface area contributed by atoms with Crippen LogP contribution in [-0.2, 0) is 12.8 Å². The first-order valence-corrected chi connectivity index (χ1v) is 6.89. The lowest BCUT2D eigenvalue weighted by molar-refractivity contribution is 0.458. The van der Waals surface area contributed by atoms with Crippen LogP contribution < -0.4 is 4.74 Å². The zero-order valence-corrected chi connectivity index (χ0v) is 11.6. The number of halogens is 1. The smallest absolute Gasteiger partial charge is 0.224 e. The van der Waals surface area contributed by atoms with Gasteiger partial charge in [-0.25, -0.2) is 4.98 Å². The van der Waals surface area contributed by atoms with Crippen LogP contribution in [0.1, 0.15) is 29.8 Å². The maximum Gasteiger partial charge on any atom is 0.224 e. The summed E-state index contributed by atoms with van der Waals surface area (Å²) in [6.07, 6.45) is 4.85. The molecule has 1 aromatic carbocycles. The highest BCUT2D eigenvalue weighted by atomic mass is 35.5. The average molecular weight is 275 g/mol. The molecule has 1 aliphatic rings. The van der Waals surface area contributed by atoms with Gasteiger partial charge < -0.3 is 4.74 Å². The van der Waals surface area contributed by atoms with Crippen molar-refractivity contribution in [2.75, 3.05) is 0 Å². The van der Waals surface area contributed by atoms with Gasteiger partial charge in [-0.1, -0.05) is 17.7 Å². The summed E-state index contributed by atoms with van der Waals surface area (Å²) in [4.78, 5) is 8.24. The van der Waals surface area contributed by atoms with Gasteiger partial charge in [0.05, 0.1) is 0 Å². The summed E-state index contributed by atoms with van der Waals surface area (Å²) in [7, 11) is 0. The van der Waals surface area contributed by atoms with Gasteiger partial charge in [-0.3, -0.25) is 0 Å². The molecule has 1 aromatic heterocycles. The minimum Gasteiger partial charge on any atom is -0.439 e. The second-order valence-electron chi connectivity index (χ2n) is 4.82. The van der Waals surface area contributed by atoms with Crippen LogP contribution in [0.15, 0.2) is 24.3 Å². The Balaban J connectivity index is 1.86. The molecule has 0 saturated carbocycles. The molecule has 1 heterocycles. The van der Waals surface area contributed by atoms with Crippen molar-refractivity contribution in [2.24, 2.45) is 0 Å². The Morgan fingerprint density at radius 1 is 1.05 bits per heavy atom. The molecule has 0 spiro atoms. The van der Waals surface area contributed by atoms with Crippen molar-refractivity contribution < 1.29 is 4.74 Å². The van der Waals surface area contributed by atoms with Gasteiger partial charge in [-0.2, -0.15) is 4.98 Å². The Hall–Kier alpha value is -1.61. The van der Waals surface area contributed by atoms with Crippen molar-refractivity contribution in [3.8, 4) is 11.6 Å². The summed E-state index contributed by atoms with van der Waals surface area (Å²) in [5, 5.41) is 0.403. The van der Waals surface area contributed by atoms with E-state index in [-0.39, 0.29) is 0 Å². The van der Waals surface area contributed by atoms with Gasteiger partial charge in [0, 0.05) is 6.07 Å². The van der Waals surface area contributed by atoms with E-state index in [1.807, 2.05) is 6.07 Å². The van der Waals surface area contributed by atoms with Crippen molar-refractivity contribution >= 4 is 11.6 Å². The fourth-order valence-electron chi connectivity index (χ4n) is 2.45. The number of hydrogen-bond acceptors (Lipinski definition) is 3. The van der Waals surface area contributed by atoms with Gasteiger partial charge in [0.15, 0.2) is 0 Å². The number of ether oxygens (including phenoxy) is 1. The van der Waals surface area contributed by atoms with Crippen LogP contribution in [0.5, 0.6) is 11.6 Å². The van der Waals surface area contributed by atoms with Crippen molar-refractivity contribution in [2.45, 2.75) is 32.6 Å². The van der Waals surface area contributed by atoms with E-state index in [9.17, 15) is 0 Å². The Kier molecular flexibility index (Phi) is 3.38. The maximum absolute atomic E-state index is 5.90. The fourth-order valence-corrected chi connectivity index (χ4v) is 2.67. The molecule has 0 saturated heterocycles. The Bertz CT molecular complexity index is 593. The third-order valence-corrected chi connectivity index (χ3v) is 3.52. The third kappa shape index (κ3) is 2.87. The molecular weight excluding hydrogens is 260 g/mol. The molecule has 0 radical (unpaired) electrons. The molecule has 0 amide bonds. The lowest BCUT2D eigenvalue weighted by Crippen LogP contribution is -2.02. The SMILES string of the molecule is Cc1nc(Cl)cc(Oc2ccc3c(c2)CCCC3)n1. The summed E-state index contributed by atoms with van der Waals surface area (Å²) in [6.45, 7) is 1.80. The van der Waals surface area contributed by atoms with Crippen molar-refractivity contribution in [1.29, 1.82) is 0 Å². The molecule has 4 heteroatoms. The molecule has 0 unspecified atom stereocenters. The third-order valence-electron chi connectivity index (χ3n) is 3.33. The van der Waals surface area contributed by atoms with E-state index in [2.05, 4.69) is 22.1 Å². The number of fused-ring (bicyclic) bond motifs is 1. The molecule has 0 atom stereocenters. The Morgan fingerprint density at radius 3 is 2.63 bits per heavy atom. The molecular formula is C15H15ClN2O. The number of rotatable bonds is 2. The van der Waals surface area contributed by atoms with Gasteiger partial charge in [0.1, 0.15) is 16.7 Å². The minimum atomic E-state index is 0.403. The minimum absolute atomic E-state index is 0.403. The molecule has 98 valence electrons. The van der Waals surface area contributed by atoms with Crippen LogP contribution in [0, 0.1) is 6.92 Å². The average Bonchev–Trinajstić information content (AvgIpc) is 2.37. The van der Waals surface area contributed by atoms with Gasteiger partial charge in [-0.05, 0) is 55.9 Å². The van der Waals surface area contributed by atoms with Gasteiger partial charge >= 0.3 is 0 Å². The monoisotopic (exact) mass is 274 g/mol. The summed E-state index contributed by atoms with van der Waals surface area (Å²) < 4.78 is 5.77. The van der Waals surface area contributed by atoms with E-state index < -0.39 is 0 Å². The predicted molar refractivity (Wildman–Crippen MR) is 74.9 cm³/mol. The van der Waals surface area contributed by atoms with Gasteiger partial charge in [0.25, 0.3) is 0 Å². The van der Waals surface area contributed by atoms with E-state index in [1.54, 1.807) is 13.0 Å². The summed E-state index contributed by atoms with van der Waals surface area (Å²) in [5.74, 6) is 1.92. The number of aromatic nitrogens is 2. The highest BCUT2D eigenvalue weighted by Crippen LogP contribution is 2.28. The molecule has 0 bridgehead atoms. The normalized spacial score (nSPS) is 14.0. The highest BCUT2D eigenvalue weighted by molar-refractivity contribution is 6.29. The first-order valence-electron chi connectivity index (χ1n) is 6.51. The zero-order chi connectivity index (χ0) is 13.2. The summed E-state index contributed by atoms with van der Waals surface area (Å²) in [6, 6.07) is 7.89. The van der Waals surface area contributed by atoms with Crippen LogP contribution in [0.25, 0.3) is 0 Å². The first-order chi connectivity index (χ1) is 9.20. The van der Waals surface area contributed by atoms with Crippen molar-refractivity contribution in [1.82, 2.24) is 9.97 Å². The molecule has 1 aliphatic carbocycles. The maximum atomic E-state index is 5.90.